The first-order chi connectivity index (χ1) is 15.2. The molecule has 1 amide bonds. The fraction of sp³-hybridized carbons (Fsp3) is 0.120. The van der Waals surface area contributed by atoms with Crippen LogP contribution in [0.5, 0.6) is 0 Å². The average Bonchev–Trinajstić information content (AvgIpc) is 3.16. The van der Waals surface area contributed by atoms with Crippen molar-refractivity contribution in [3.63, 3.8) is 0 Å². The van der Waals surface area contributed by atoms with Crippen LogP contribution in [0, 0.1) is 6.92 Å². The lowest BCUT2D eigenvalue weighted by molar-refractivity contribution is 0.0995. The highest BCUT2D eigenvalue weighted by molar-refractivity contribution is 7.90. The molecule has 0 saturated carbocycles. The molecule has 0 aliphatic heterocycles. The molecule has 2 N–H and O–H groups in total. The Kier molecular flexibility index (Phi) is 5.67. The van der Waals surface area contributed by atoms with Gasteiger partial charge in [0.05, 0.1) is 10.6 Å². The van der Waals surface area contributed by atoms with E-state index in [0.717, 1.165) is 34.5 Å². The van der Waals surface area contributed by atoms with Gasteiger partial charge in [-0.2, -0.15) is 5.10 Å². The molecule has 0 radical (unpaired) electrons. The minimum atomic E-state index is -3.20. The fourth-order valence-electron chi connectivity index (χ4n) is 3.56. The molecule has 4 aromatic rings. The number of amides is 1. The summed E-state index contributed by atoms with van der Waals surface area (Å²) in [5.74, 6) is -0.543. The second-order valence-electron chi connectivity index (χ2n) is 7.78. The molecule has 0 aliphatic rings. The predicted octanol–water partition coefficient (Wildman–Crippen LogP) is 3.94. The molecule has 162 valence electrons. The number of aryl methyl sites for hydroxylation is 1. The third-order valence-corrected chi connectivity index (χ3v) is 6.43. The van der Waals surface area contributed by atoms with Crippen molar-refractivity contribution >= 4 is 15.7 Å². The van der Waals surface area contributed by atoms with E-state index in [2.05, 4.69) is 17.2 Å². The van der Waals surface area contributed by atoms with Gasteiger partial charge in [0.25, 0.3) is 5.91 Å². The van der Waals surface area contributed by atoms with Gasteiger partial charge in [-0.1, -0.05) is 48.5 Å². The van der Waals surface area contributed by atoms with Crippen molar-refractivity contribution in [2.24, 2.45) is 5.73 Å². The van der Waals surface area contributed by atoms with Crippen LogP contribution in [-0.2, 0) is 16.3 Å². The van der Waals surface area contributed by atoms with Crippen LogP contribution in [-0.4, -0.2) is 30.4 Å². The second kappa shape index (κ2) is 8.43. The van der Waals surface area contributed by atoms with E-state index in [9.17, 15) is 13.2 Å². The minimum Gasteiger partial charge on any atom is -0.364 e. The third kappa shape index (κ3) is 4.63. The summed E-state index contributed by atoms with van der Waals surface area (Å²) in [5, 5.41) is 4.26. The number of carbonyl (C=O) groups excluding carboxylic acids is 1. The summed E-state index contributed by atoms with van der Waals surface area (Å²) in [6, 6.07) is 24.8. The molecule has 4 rings (SSSR count). The monoisotopic (exact) mass is 445 g/mol. The molecular formula is C25H23N3O3S. The van der Waals surface area contributed by atoms with E-state index in [-0.39, 0.29) is 5.69 Å². The molecule has 0 spiro atoms. The summed E-state index contributed by atoms with van der Waals surface area (Å²) in [6.07, 6.45) is 1.98. The van der Waals surface area contributed by atoms with Crippen LogP contribution in [0.4, 0.5) is 0 Å². The Bertz CT molecular complexity index is 1370. The Morgan fingerprint density at radius 1 is 0.875 bits per heavy atom. The highest BCUT2D eigenvalue weighted by atomic mass is 32.2. The van der Waals surface area contributed by atoms with E-state index in [0.29, 0.717) is 4.90 Å². The molecule has 1 aromatic heterocycles. The van der Waals surface area contributed by atoms with E-state index in [1.54, 1.807) is 22.9 Å². The fourth-order valence-corrected chi connectivity index (χ4v) is 4.19. The number of hydrogen-bond donors (Lipinski definition) is 1. The van der Waals surface area contributed by atoms with Crippen molar-refractivity contribution in [1.29, 1.82) is 0 Å². The molecule has 0 saturated heterocycles. The van der Waals surface area contributed by atoms with Crippen LogP contribution < -0.4 is 5.73 Å². The van der Waals surface area contributed by atoms with Gasteiger partial charge in [-0.3, -0.25) is 4.79 Å². The number of aromatic nitrogens is 2. The van der Waals surface area contributed by atoms with Gasteiger partial charge in [0.15, 0.2) is 15.5 Å². The number of hydrogen-bond acceptors (Lipinski definition) is 4. The number of nitrogens with two attached hydrogens (primary N) is 1. The third-order valence-electron chi connectivity index (χ3n) is 5.30. The van der Waals surface area contributed by atoms with Crippen molar-refractivity contribution in [1.82, 2.24) is 9.78 Å². The van der Waals surface area contributed by atoms with Gasteiger partial charge in [0.2, 0.25) is 0 Å². The van der Waals surface area contributed by atoms with Crippen molar-refractivity contribution in [2.45, 2.75) is 18.2 Å². The number of rotatable bonds is 6. The molecule has 0 unspecified atom stereocenters. The Morgan fingerprint density at radius 3 is 1.84 bits per heavy atom. The lowest BCUT2D eigenvalue weighted by Gasteiger charge is -2.08. The van der Waals surface area contributed by atoms with E-state index in [4.69, 9.17) is 5.73 Å². The van der Waals surface area contributed by atoms with Crippen LogP contribution in [0.15, 0.2) is 83.8 Å². The summed E-state index contributed by atoms with van der Waals surface area (Å²) in [5.41, 5.74) is 11.6. The number of benzene rings is 3. The molecule has 0 atom stereocenters. The van der Waals surface area contributed by atoms with Gasteiger partial charge in [-0.15, -0.1) is 0 Å². The lowest BCUT2D eigenvalue weighted by atomic mass is 10.0. The van der Waals surface area contributed by atoms with E-state index >= 15 is 0 Å². The lowest BCUT2D eigenvalue weighted by Crippen LogP contribution is -2.12. The van der Waals surface area contributed by atoms with Crippen molar-refractivity contribution in [3.8, 4) is 16.8 Å². The highest BCUT2D eigenvalue weighted by Crippen LogP contribution is 2.23. The normalized spacial score (nSPS) is 11.4. The quantitative estimate of drug-likeness (QED) is 0.486. The van der Waals surface area contributed by atoms with E-state index in [1.165, 1.54) is 11.8 Å². The van der Waals surface area contributed by atoms with Gasteiger partial charge in [-0.25, -0.2) is 13.1 Å². The Morgan fingerprint density at radius 2 is 1.38 bits per heavy atom. The highest BCUT2D eigenvalue weighted by Gasteiger charge is 2.10. The van der Waals surface area contributed by atoms with Crippen LogP contribution in [0.1, 0.15) is 27.3 Å². The maximum Gasteiger partial charge on any atom is 0.269 e. The van der Waals surface area contributed by atoms with E-state index < -0.39 is 15.7 Å². The molecule has 32 heavy (non-hydrogen) atoms. The van der Waals surface area contributed by atoms with Crippen LogP contribution in [0.2, 0.25) is 0 Å². The summed E-state index contributed by atoms with van der Waals surface area (Å²) < 4.78 is 24.9. The Labute approximate surface area is 187 Å². The largest absolute Gasteiger partial charge is 0.364 e. The second-order valence-corrected chi connectivity index (χ2v) is 9.80. The molecular weight excluding hydrogens is 422 g/mol. The van der Waals surface area contributed by atoms with Crippen molar-refractivity contribution < 1.29 is 13.2 Å². The first-order valence-electron chi connectivity index (χ1n) is 10.1. The molecule has 6 nitrogen and oxygen atoms in total. The van der Waals surface area contributed by atoms with Gasteiger partial charge in [0.1, 0.15) is 0 Å². The molecule has 7 heteroatoms. The molecule has 3 aromatic carbocycles. The zero-order chi connectivity index (χ0) is 22.9. The predicted molar refractivity (Wildman–Crippen MR) is 125 cm³/mol. The number of nitrogens with zero attached hydrogens (tertiary/aromatic N) is 2. The summed E-state index contributed by atoms with van der Waals surface area (Å²) in [6.45, 7) is 1.88. The Balaban J connectivity index is 1.47. The van der Waals surface area contributed by atoms with Crippen LogP contribution >= 0.6 is 0 Å². The zero-order valence-electron chi connectivity index (χ0n) is 17.8. The van der Waals surface area contributed by atoms with Gasteiger partial charge < -0.3 is 5.73 Å². The van der Waals surface area contributed by atoms with Gasteiger partial charge in [0, 0.05) is 11.9 Å². The van der Waals surface area contributed by atoms with Crippen LogP contribution in [0.3, 0.4) is 0 Å². The topological polar surface area (TPSA) is 95.1 Å². The SMILES string of the molecule is Cc1cc(C(N)=O)nn1-c1ccc(Cc2ccc(-c3ccc(S(C)(=O)=O)cc3)cc2)cc1. The smallest absolute Gasteiger partial charge is 0.269 e. The molecule has 0 bridgehead atoms. The van der Waals surface area contributed by atoms with Crippen molar-refractivity contribution in [2.75, 3.05) is 6.26 Å². The maximum atomic E-state index is 11.6. The zero-order valence-corrected chi connectivity index (χ0v) is 18.6. The first kappa shape index (κ1) is 21.5. The first-order valence-corrected chi connectivity index (χ1v) is 11.9. The number of sulfone groups is 1. The molecule has 0 fully saturated rings. The molecule has 1 heterocycles. The van der Waals surface area contributed by atoms with Gasteiger partial charge >= 0.3 is 0 Å². The average molecular weight is 446 g/mol. The minimum absolute atomic E-state index is 0.248. The summed E-state index contributed by atoms with van der Waals surface area (Å²) in [7, 11) is -3.20. The van der Waals surface area contributed by atoms with Crippen LogP contribution in [0.25, 0.3) is 16.8 Å². The van der Waals surface area contributed by atoms with Crippen molar-refractivity contribution in [3.05, 3.63) is 101 Å². The molecule has 0 aliphatic carbocycles. The maximum absolute atomic E-state index is 11.6. The summed E-state index contributed by atoms with van der Waals surface area (Å²) >= 11 is 0. The summed E-state index contributed by atoms with van der Waals surface area (Å²) in [4.78, 5) is 11.7. The number of primary amides is 1. The van der Waals surface area contributed by atoms with Gasteiger partial charge in [-0.05, 0) is 65.9 Å². The standard InChI is InChI=1S/C25H23N3O3S/c1-17-15-24(25(26)29)27-28(17)22-11-5-19(6-12-22)16-18-3-7-20(8-4-18)21-9-13-23(14-10-21)32(2,30)31/h3-15H,16H2,1-2H3,(H2,26,29). The number of carbonyl (C=O) groups is 1. The Hall–Kier alpha value is -3.71. The van der Waals surface area contributed by atoms with E-state index in [1.807, 2.05) is 55.5 Å².